The van der Waals surface area contributed by atoms with Crippen molar-refractivity contribution >= 4 is 17.4 Å². The average Bonchev–Trinajstić information content (AvgIpc) is 2.46. The molecule has 3 nitrogen and oxygen atoms in total. The molecule has 0 fully saturated rings. The van der Waals surface area contributed by atoms with Crippen molar-refractivity contribution in [3.05, 3.63) is 46.6 Å². The van der Waals surface area contributed by atoms with E-state index in [0.29, 0.717) is 16.4 Å². The highest BCUT2D eigenvalue weighted by atomic mass is 35.5. The van der Waals surface area contributed by atoms with Crippen LogP contribution in [0.1, 0.15) is 24.6 Å². The minimum atomic E-state index is 0.564. The van der Waals surface area contributed by atoms with Gasteiger partial charge in [0.25, 0.3) is 0 Å². The molecule has 2 rings (SSSR count). The summed E-state index contributed by atoms with van der Waals surface area (Å²) in [6, 6.07) is 11.6. The maximum atomic E-state index is 9.27. The van der Waals surface area contributed by atoms with Crippen molar-refractivity contribution < 1.29 is 0 Å². The van der Waals surface area contributed by atoms with Gasteiger partial charge in [-0.25, -0.2) is 4.98 Å². The maximum absolute atomic E-state index is 9.27. The summed E-state index contributed by atoms with van der Waals surface area (Å²) in [7, 11) is 0. The van der Waals surface area contributed by atoms with E-state index < -0.39 is 0 Å². The highest BCUT2D eigenvalue weighted by Crippen LogP contribution is 2.27. The lowest BCUT2D eigenvalue weighted by molar-refractivity contribution is 0.964. The quantitative estimate of drug-likeness (QED) is 0.905. The lowest BCUT2D eigenvalue weighted by atomic mass is 10.0. The summed E-state index contributed by atoms with van der Waals surface area (Å²) < 4.78 is 0. The molecule has 2 aromatic rings. The summed E-state index contributed by atoms with van der Waals surface area (Å²) in [5.41, 5.74) is 3.43. The number of nitrogens with one attached hydrogen (secondary N) is 1. The number of aromatic nitrogens is 1. The summed E-state index contributed by atoms with van der Waals surface area (Å²) in [6.07, 6.45) is 0.991. The lowest BCUT2D eigenvalue weighted by Crippen LogP contribution is -2.05. The molecule has 0 unspecified atom stereocenters. The summed E-state index contributed by atoms with van der Waals surface area (Å²) in [5, 5.41) is 13.2. The van der Waals surface area contributed by atoms with Crippen LogP contribution in [0.3, 0.4) is 0 Å². The number of nitrogens with zero attached hydrogens (tertiary/aromatic N) is 2. The van der Waals surface area contributed by atoms with Gasteiger partial charge >= 0.3 is 0 Å². The molecule has 0 saturated carbocycles. The molecule has 4 heteroatoms. The Kier molecular flexibility index (Phi) is 4.60. The van der Waals surface area contributed by atoms with E-state index in [9.17, 15) is 5.26 Å². The van der Waals surface area contributed by atoms with Crippen LogP contribution in [-0.2, 0) is 0 Å². The Hall–Kier alpha value is -2.05. The van der Waals surface area contributed by atoms with E-state index in [1.165, 1.54) is 0 Å². The first-order valence-electron chi connectivity index (χ1n) is 6.57. The monoisotopic (exact) mass is 285 g/mol. The number of hydrogen-bond donors (Lipinski definition) is 1. The molecule has 0 atom stereocenters. The Morgan fingerprint density at radius 3 is 2.60 bits per heavy atom. The molecule has 1 aromatic heterocycles. The smallest absolute Gasteiger partial charge is 0.144 e. The third-order valence-electron chi connectivity index (χ3n) is 3.03. The highest BCUT2D eigenvalue weighted by Gasteiger charge is 2.10. The van der Waals surface area contributed by atoms with Gasteiger partial charge in [-0.05, 0) is 37.1 Å². The number of benzene rings is 1. The molecule has 102 valence electrons. The average molecular weight is 286 g/mol. The van der Waals surface area contributed by atoms with E-state index in [2.05, 4.69) is 23.3 Å². The van der Waals surface area contributed by atoms with Gasteiger partial charge < -0.3 is 5.32 Å². The molecule has 0 radical (unpaired) electrons. The van der Waals surface area contributed by atoms with Crippen molar-refractivity contribution in [1.82, 2.24) is 4.98 Å². The summed E-state index contributed by atoms with van der Waals surface area (Å²) in [4.78, 5) is 4.51. The molecule has 0 amide bonds. The second kappa shape index (κ2) is 6.40. The fourth-order valence-electron chi connectivity index (χ4n) is 1.99. The molecule has 0 aliphatic rings. The summed E-state index contributed by atoms with van der Waals surface area (Å²) in [5.74, 6) is 0.657. The van der Waals surface area contributed by atoms with E-state index >= 15 is 0 Å². The molecule has 0 aliphatic heterocycles. The molecular weight excluding hydrogens is 270 g/mol. The Morgan fingerprint density at radius 2 is 2.00 bits per heavy atom. The van der Waals surface area contributed by atoms with E-state index in [1.54, 1.807) is 0 Å². The molecule has 20 heavy (non-hydrogen) atoms. The van der Waals surface area contributed by atoms with Crippen LogP contribution in [0.4, 0.5) is 5.82 Å². The first kappa shape index (κ1) is 14.4. The van der Waals surface area contributed by atoms with Crippen LogP contribution in [-0.4, -0.2) is 11.5 Å². The number of nitriles is 1. The van der Waals surface area contributed by atoms with E-state index in [-0.39, 0.29) is 0 Å². The van der Waals surface area contributed by atoms with Gasteiger partial charge in [-0.1, -0.05) is 30.7 Å². The van der Waals surface area contributed by atoms with Gasteiger partial charge in [0.2, 0.25) is 0 Å². The van der Waals surface area contributed by atoms with Gasteiger partial charge in [0, 0.05) is 22.8 Å². The van der Waals surface area contributed by atoms with Crippen molar-refractivity contribution in [2.24, 2.45) is 0 Å². The van der Waals surface area contributed by atoms with Crippen molar-refractivity contribution in [2.45, 2.75) is 20.3 Å². The predicted molar refractivity (Wildman–Crippen MR) is 82.9 cm³/mol. The fourth-order valence-corrected chi connectivity index (χ4v) is 2.12. The molecular formula is C16H16ClN3. The van der Waals surface area contributed by atoms with E-state index in [0.717, 1.165) is 29.8 Å². The number of hydrogen-bond acceptors (Lipinski definition) is 3. The Bertz CT molecular complexity index is 642. The number of halogens is 1. The molecule has 0 aliphatic carbocycles. The van der Waals surface area contributed by atoms with Crippen LogP contribution < -0.4 is 5.32 Å². The topological polar surface area (TPSA) is 48.7 Å². The molecule has 1 heterocycles. The van der Waals surface area contributed by atoms with Crippen molar-refractivity contribution in [3.63, 3.8) is 0 Å². The fraction of sp³-hybridized carbons (Fsp3) is 0.250. The molecule has 0 saturated heterocycles. The minimum absolute atomic E-state index is 0.564. The van der Waals surface area contributed by atoms with Crippen LogP contribution in [0.2, 0.25) is 5.02 Å². The number of rotatable bonds is 4. The third-order valence-corrected chi connectivity index (χ3v) is 3.28. The second-order valence-corrected chi connectivity index (χ2v) is 5.00. The first-order chi connectivity index (χ1) is 9.65. The summed E-state index contributed by atoms with van der Waals surface area (Å²) >= 11 is 5.90. The zero-order valence-corrected chi connectivity index (χ0v) is 12.3. The maximum Gasteiger partial charge on any atom is 0.144 e. The summed E-state index contributed by atoms with van der Waals surface area (Å²) in [6.45, 7) is 4.83. The van der Waals surface area contributed by atoms with Crippen LogP contribution in [0, 0.1) is 18.3 Å². The molecule has 1 aromatic carbocycles. The van der Waals surface area contributed by atoms with Crippen molar-refractivity contribution in [2.75, 3.05) is 11.9 Å². The standard InChI is InChI=1S/C16H16ClN3/c1-3-8-19-16-13(10-18)9-15(11(2)20-16)12-4-6-14(17)7-5-12/h4-7,9H,3,8H2,1-2H3,(H,19,20). The number of pyridine rings is 1. The molecule has 1 N–H and O–H groups in total. The number of aryl methyl sites for hydroxylation is 1. The molecule has 0 bridgehead atoms. The van der Waals surface area contributed by atoms with Crippen molar-refractivity contribution in [3.8, 4) is 17.2 Å². The van der Waals surface area contributed by atoms with Gasteiger partial charge in [-0.3, -0.25) is 0 Å². The van der Waals surface area contributed by atoms with Gasteiger partial charge in [-0.15, -0.1) is 0 Å². The zero-order valence-electron chi connectivity index (χ0n) is 11.6. The zero-order chi connectivity index (χ0) is 14.5. The first-order valence-corrected chi connectivity index (χ1v) is 6.95. The van der Waals surface area contributed by atoms with Crippen LogP contribution in [0.25, 0.3) is 11.1 Å². The van der Waals surface area contributed by atoms with E-state index in [4.69, 9.17) is 11.6 Å². The number of anilines is 1. The lowest BCUT2D eigenvalue weighted by Gasteiger charge is -2.11. The second-order valence-electron chi connectivity index (χ2n) is 4.56. The van der Waals surface area contributed by atoms with Crippen LogP contribution in [0.15, 0.2) is 30.3 Å². The van der Waals surface area contributed by atoms with Gasteiger partial charge in [-0.2, -0.15) is 5.26 Å². The van der Waals surface area contributed by atoms with Crippen molar-refractivity contribution in [1.29, 1.82) is 5.26 Å². The van der Waals surface area contributed by atoms with E-state index in [1.807, 2.05) is 37.3 Å². The Balaban J connectivity index is 2.45. The van der Waals surface area contributed by atoms with Gasteiger partial charge in [0.15, 0.2) is 0 Å². The SMILES string of the molecule is CCCNc1nc(C)c(-c2ccc(Cl)cc2)cc1C#N. The highest BCUT2D eigenvalue weighted by molar-refractivity contribution is 6.30. The third kappa shape index (κ3) is 3.09. The largest absolute Gasteiger partial charge is 0.369 e. The Morgan fingerprint density at radius 1 is 1.30 bits per heavy atom. The van der Waals surface area contributed by atoms with Crippen LogP contribution >= 0.6 is 11.6 Å². The van der Waals surface area contributed by atoms with Crippen LogP contribution in [0.5, 0.6) is 0 Å². The van der Waals surface area contributed by atoms with Gasteiger partial charge in [0.05, 0.1) is 5.56 Å². The molecule has 0 spiro atoms. The predicted octanol–water partition coefficient (Wildman–Crippen LogP) is 4.40. The minimum Gasteiger partial charge on any atom is -0.369 e. The normalized spacial score (nSPS) is 10.1. The van der Waals surface area contributed by atoms with Gasteiger partial charge in [0.1, 0.15) is 11.9 Å². The Labute approximate surface area is 124 Å².